The summed E-state index contributed by atoms with van der Waals surface area (Å²) >= 11 is 5.72. The van der Waals surface area contributed by atoms with E-state index in [2.05, 4.69) is 0 Å². The molecule has 0 saturated heterocycles. The van der Waals surface area contributed by atoms with Crippen molar-refractivity contribution in [3.8, 4) is 5.75 Å². The Morgan fingerprint density at radius 1 is 1.38 bits per heavy atom. The normalized spacial score (nSPS) is 20.2. The first-order chi connectivity index (χ1) is 6.16. The maximum absolute atomic E-state index is 11.3. The van der Waals surface area contributed by atoms with Crippen LogP contribution in [0.2, 0.25) is 5.02 Å². The van der Waals surface area contributed by atoms with Gasteiger partial charge in [0.25, 0.3) is 0 Å². The van der Waals surface area contributed by atoms with Crippen LogP contribution in [0.4, 0.5) is 0 Å². The van der Waals surface area contributed by atoms with Gasteiger partial charge in [-0.2, -0.15) is 0 Å². The first kappa shape index (κ1) is 8.38. The van der Waals surface area contributed by atoms with E-state index in [0.717, 1.165) is 0 Å². The van der Waals surface area contributed by atoms with Gasteiger partial charge in [0.05, 0.1) is 0 Å². The Morgan fingerprint density at radius 2 is 2.15 bits per heavy atom. The van der Waals surface area contributed by atoms with Gasteiger partial charge in [0.1, 0.15) is 11.3 Å². The molecular formula is C9H7ClO3. The average molecular weight is 199 g/mol. The Kier molecular flexibility index (Phi) is 1.88. The first-order valence-electron chi connectivity index (χ1n) is 3.84. The Morgan fingerprint density at radius 3 is 2.92 bits per heavy atom. The van der Waals surface area contributed by atoms with Gasteiger partial charge in [-0.25, -0.2) is 4.79 Å². The fourth-order valence-electron chi connectivity index (χ4n) is 1.18. The number of fused-ring (bicyclic) bond motifs is 1. The Bertz CT molecular complexity index is 362. The van der Waals surface area contributed by atoms with Crippen molar-refractivity contribution in [2.45, 2.75) is 13.2 Å². The topological polar surface area (TPSA) is 35.5 Å². The summed E-state index contributed by atoms with van der Waals surface area (Å²) in [6, 6.07) is 4.87. The summed E-state index contributed by atoms with van der Waals surface area (Å²) in [5, 5.41) is 0.494. The molecule has 13 heavy (non-hydrogen) atoms. The van der Waals surface area contributed by atoms with Gasteiger partial charge >= 0.3 is 5.97 Å². The molecule has 0 aromatic heterocycles. The Balaban J connectivity index is 2.49. The molecule has 1 aliphatic rings. The highest BCUT2D eigenvalue weighted by Gasteiger charge is 2.24. The molecule has 0 bridgehead atoms. The van der Waals surface area contributed by atoms with E-state index in [1.165, 1.54) is 6.07 Å². The number of cyclic esters (lactones) is 1. The molecule has 1 aromatic carbocycles. The van der Waals surface area contributed by atoms with Crippen LogP contribution in [0.1, 0.15) is 17.3 Å². The van der Waals surface area contributed by atoms with Crippen molar-refractivity contribution in [1.29, 1.82) is 0 Å². The molecule has 3 nitrogen and oxygen atoms in total. The van der Waals surface area contributed by atoms with E-state index in [4.69, 9.17) is 21.1 Å². The smallest absolute Gasteiger partial charge is 0.345 e. The van der Waals surface area contributed by atoms with Crippen LogP contribution in [-0.4, -0.2) is 12.3 Å². The van der Waals surface area contributed by atoms with E-state index >= 15 is 0 Å². The summed E-state index contributed by atoms with van der Waals surface area (Å²) in [5.74, 6) is 0.129. The molecule has 2 rings (SSSR count). The number of carbonyl (C=O) groups excluding carboxylic acids is 1. The minimum atomic E-state index is -0.527. The van der Waals surface area contributed by atoms with Crippen molar-refractivity contribution in [2.75, 3.05) is 0 Å². The number of carbonyl (C=O) groups is 1. The second kappa shape index (κ2) is 2.92. The van der Waals surface area contributed by atoms with Crippen molar-refractivity contribution in [1.82, 2.24) is 0 Å². The molecule has 0 fully saturated rings. The number of halogens is 1. The van der Waals surface area contributed by atoms with Crippen molar-refractivity contribution in [2.24, 2.45) is 0 Å². The number of esters is 1. The van der Waals surface area contributed by atoms with Crippen LogP contribution in [0.25, 0.3) is 0 Å². The molecule has 0 saturated carbocycles. The maximum atomic E-state index is 11.3. The lowest BCUT2D eigenvalue weighted by molar-refractivity contribution is -0.0488. The number of hydrogen-bond acceptors (Lipinski definition) is 3. The Hall–Kier alpha value is -1.22. The maximum Gasteiger partial charge on any atom is 0.345 e. The molecule has 0 aliphatic carbocycles. The van der Waals surface area contributed by atoms with Gasteiger partial charge in [-0.05, 0) is 18.2 Å². The molecule has 0 amide bonds. The quantitative estimate of drug-likeness (QED) is 0.600. The van der Waals surface area contributed by atoms with Crippen LogP contribution in [0.15, 0.2) is 18.2 Å². The van der Waals surface area contributed by atoms with Crippen LogP contribution in [0, 0.1) is 0 Å². The van der Waals surface area contributed by atoms with E-state index in [-0.39, 0.29) is 0 Å². The predicted octanol–water partition coefficient (Wildman–Crippen LogP) is 2.24. The zero-order valence-electron chi connectivity index (χ0n) is 6.91. The summed E-state index contributed by atoms with van der Waals surface area (Å²) in [5.41, 5.74) is 0.380. The molecule has 1 atom stereocenters. The zero-order chi connectivity index (χ0) is 9.42. The second-order valence-corrected chi connectivity index (χ2v) is 3.17. The lowest BCUT2D eigenvalue weighted by atomic mass is 10.2. The lowest BCUT2D eigenvalue weighted by Gasteiger charge is -2.22. The van der Waals surface area contributed by atoms with E-state index in [9.17, 15) is 4.79 Å². The van der Waals surface area contributed by atoms with Gasteiger partial charge in [-0.15, -0.1) is 0 Å². The third-order valence-electron chi connectivity index (χ3n) is 1.73. The minimum absolute atomic E-state index is 0.380. The van der Waals surface area contributed by atoms with E-state index in [1.807, 2.05) is 0 Å². The summed E-state index contributed by atoms with van der Waals surface area (Å²) in [6.07, 6.45) is -0.527. The van der Waals surface area contributed by atoms with Gasteiger partial charge < -0.3 is 9.47 Å². The lowest BCUT2D eigenvalue weighted by Crippen LogP contribution is -2.26. The summed E-state index contributed by atoms with van der Waals surface area (Å²) < 4.78 is 10.1. The van der Waals surface area contributed by atoms with Crippen LogP contribution < -0.4 is 4.74 Å². The average Bonchev–Trinajstić information content (AvgIpc) is 2.06. The molecule has 0 unspecified atom stereocenters. The molecular weight excluding hydrogens is 192 g/mol. The third-order valence-corrected chi connectivity index (χ3v) is 1.96. The molecule has 1 aromatic rings. The van der Waals surface area contributed by atoms with Crippen LogP contribution in [-0.2, 0) is 4.74 Å². The number of ether oxygens (including phenoxy) is 2. The molecule has 1 heterocycles. The second-order valence-electron chi connectivity index (χ2n) is 2.73. The van der Waals surface area contributed by atoms with Crippen molar-refractivity contribution < 1.29 is 14.3 Å². The molecule has 1 aliphatic heterocycles. The van der Waals surface area contributed by atoms with Gasteiger partial charge in [0, 0.05) is 11.9 Å². The van der Waals surface area contributed by atoms with Gasteiger partial charge in [-0.3, -0.25) is 0 Å². The summed E-state index contributed by atoms with van der Waals surface area (Å²) in [4.78, 5) is 11.3. The highest BCUT2D eigenvalue weighted by atomic mass is 35.5. The number of rotatable bonds is 0. The molecule has 0 N–H and O–H groups in total. The molecule has 68 valence electrons. The fourth-order valence-corrected chi connectivity index (χ4v) is 1.35. The Labute approximate surface area is 80.2 Å². The van der Waals surface area contributed by atoms with E-state index < -0.39 is 12.3 Å². The summed E-state index contributed by atoms with van der Waals surface area (Å²) in [7, 11) is 0. The molecule has 0 spiro atoms. The first-order valence-corrected chi connectivity index (χ1v) is 4.22. The zero-order valence-corrected chi connectivity index (χ0v) is 7.67. The van der Waals surface area contributed by atoms with Crippen LogP contribution >= 0.6 is 11.6 Å². The van der Waals surface area contributed by atoms with Gasteiger partial charge in [-0.1, -0.05) is 11.6 Å². The highest BCUT2D eigenvalue weighted by molar-refractivity contribution is 6.31. The monoisotopic (exact) mass is 198 g/mol. The molecule has 0 radical (unpaired) electrons. The minimum Gasteiger partial charge on any atom is -0.454 e. The van der Waals surface area contributed by atoms with Crippen molar-refractivity contribution >= 4 is 17.6 Å². The summed E-state index contributed by atoms with van der Waals surface area (Å²) in [6.45, 7) is 1.66. The van der Waals surface area contributed by atoms with Gasteiger partial charge in [0.2, 0.25) is 6.29 Å². The predicted molar refractivity (Wildman–Crippen MR) is 47.0 cm³/mol. The molecule has 4 heteroatoms. The van der Waals surface area contributed by atoms with Gasteiger partial charge in [0.15, 0.2) is 0 Å². The number of hydrogen-bond donors (Lipinski definition) is 0. The van der Waals surface area contributed by atoms with Crippen molar-refractivity contribution in [3.63, 3.8) is 0 Å². The standard InChI is InChI=1S/C9H7ClO3/c1-5-12-8-3-2-6(10)4-7(8)9(11)13-5/h2-5H,1H3/t5-/m0/s1. The van der Waals surface area contributed by atoms with E-state index in [1.54, 1.807) is 19.1 Å². The number of benzene rings is 1. The largest absolute Gasteiger partial charge is 0.454 e. The highest BCUT2D eigenvalue weighted by Crippen LogP contribution is 2.28. The third kappa shape index (κ3) is 1.47. The fraction of sp³-hybridized carbons (Fsp3) is 0.222. The van der Waals surface area contributed by atoms with Crippen LogP contribution in [0.5, 0.6) is 5.75 Å². The van der Waals surface area contributed by atoms with Crippen LogP contribution in [0.3, 0.4) is 0 Å². The SMILES string of the molecule is C[C@@H]1OC(=O)c2cc(Cl)ccc2O1. The van der Waals surface area contributed by atoms with E-state index in [0.29, 0.717) is 16.3 Å². The van der Waals surface area contributed by atoms with Crippen molar-refractivity contribution in [3.05, 3.63) is 28.8 Å².